The third-order valence-electron chi connectivity index (χ3n) is 14.9. The Bertz CT molecular complexity index is 3350. The number of carbonyl (C=O) groups is 16. The number of hydrogen-bond donors (Lipinski definition) is 2. The number of ether oxygens (including phenoxy) is 20. The Labute approximate surface area is 619 Å². The van der Waals surface area contributed by atoms with E-state index >= 15 is 0 Å². The van der Waals surface area contributed by atoms with Gasteiger partial charge in [0.1, 0.15) is 80.3 Å². The Kier molecular flexibility index (Phi) is 32.6. The first-order valence-electron chi connectivity index (χ1n) is 32.7. The molecule has 4 fully saturated rings. The standard InChI is InChI=1S/C67H82N2O36S2/c1-28(70)86-24-46-52(90-32(5)74)56(92-34(7)76)60(96-38(11)80)64(100-46)104-54-48(26-88-30(3)72)102-66(62(98-40(13)82)58(54)94-36(9)78)106-44-19-15-42(16-20-44)68-50(84)23-51(85)69-43-17-21-45(22-18-43)107-67-63(99-41(14)83)59(95-37(10)79)55(49(103-67)27-89-31(4)73)105-65-61(97-39(12)81)57(93-35(8)77)53(91-33(6)75)47(101-65)25-87-29(2)71/h15-22,46-49,52-67H,23-27H2,1-14H3,(H,68,84)(H,69,85)/t46-,47-,48-,49-,52-,53-,54-,55-,56+,57+,58+,59+,60-,61-,62-,63-,64+,65+,66+,67+/m1/s1. The fourth-order valence-electron chi connectivity index (χ4n) is 11.2. The Morgan fingerprint density at radius 1 is 0.280 bits per heavy atom. The van der Waals surface area contributed by atoms with E-state index < -0.39 is 249 Å². The van der Waals surface area contributed by atoms with Crippen LogP contribution in [0.15, 0.2) is 58.3 Å². The van der Waals surface area contributed by atoms with Crippen LogP contribution in [0, 0.1) is 0 Å². The van der Waals surface area contributed by atoms with Crippen molar-refractivity contribution in [3.63, 3.8) is 0 Å². The number of rotatable bonds is 30. The molecule has 0 spiro atoms. The lowest BCUT2D eigenvalue weighted by molar-refractivity contribution is -0.341. The van der Waals surface area contributed by atoms with E-state index in [1.165, 1.54) is 48.5 Å². The van der Waals surface area contributed by atoms with Gasteiger partial charge in [-0.25, -0.2) is 0 Å². The molecule has 588 valence electrons. The molecule has 0 saturated carbocycles. The number of thioether (sulfide) groups is 2. The quantitative estimate of drug-likeness (QED) is 0.0642. The lowest BCUT2D eigenvalue weighted by Crippen LogP contribution is -2.66. The van der Waals surface area contributed by atoms with Crippen LogP contribution >= 0.6 is 23.5 Å². The monoisotopic (exact) mass is 1550 g/mol. The Hall–Kier alpha value is -9.58. The van der Waals surface area contributed by atoms with Gasteiger partial charge >= 0.3 is 83.6 Å². The number of hydrogen-bond acceptors (Lipinski definition) is 38. The lowest BCUT2D eigenvalue weighted by atomic mass is 9.96. The maximum Gasteiger partial charge on any atom is 0.303 e. The van der Waals surface area contributed by atoms with Gasteiger partial charge in [-0.05, 0) is 48.5 Å². The van der Waals surface area contributed by atoms with Crippen molar-refractivity contribution in [2.24, 2.45) is 0 Å². The molecule has 40 heteroatoms. The third kappa shape index (κ3) is 27.0. The second-order valence-corrected chi connectivity index (χ2v) is 26.2. The zero-order valence-electron chi connectivity index (χ0n) is 60.2. The summed E-state index contributed by atoms with van der Waals surface area (Å²) in [5.41, 5.74) is -2.34. The molecule has 2 N–H and O–H groups in total. The predicted octanol–water partition coefficient (Wildman–Crippen LogP) is 2.08. The van der Waals surface area contributed by atoms with E-state index in [1.54, 1.807) is 0 Å². The van der Waals surface area contributed by atoms with Crippen molar-refractivity contribution in [3.05, 3.63) is 48.5 Å². The van der Waals surface area contributed by atoms with E-state index in [9.17, 15) is 76.7 Å². The van der Waals surface area contributed by atoms with Gasteiger partial charge in [0, 0.05) is 118 Å². The number of carbonyl (C=O) groups excluding carboxylic acids is 16. The molecule has 20 atom stereocenters. The SMILES string of the molecule is CC(=O)OC[C@H]1O[C@@H](Sc2ccc(NC(=O)CC(=O)Nc3ccc(S[C@@H]4O[C@H](COC(C)=O)[C@@H](O[C@@H]5O[C@H](COC(C)=O)[C@@H](OC(C)=O)[C@H](OC(C)=O)[C@H]5OC(C)=O)[C@H](OC(C)=O)[C@H]4OC(C)=O)cc3)cc2)[C@H](OC(C)=O)[C@@H](OC(C)=O)[C@@H]1O[C@@H]1O[C@H](COC(C)=O)[C@@H](OC(C)=O)[C@H](OC(C)=O)[C@H]1OC(C)=O. The highest BCUT2D eigenvalue weighted by Gasteiger charge is 2.60. The van der Waals surface area contributed by atoms with E-state index in [2.05, 4.69) is 10.6 Å². The molecule has 4 aliphatic heterocycles. The maximum absolute atomic E-state index is 13.4. The van der Waals surface area contributed by atoms with Gasteiger partial charge in [-0.3, -0.25) is 76.7 Å². The van der Waals surface area contributed by atoms with Crippen LogP contribution in [-0.4, -0.2) is 243 Å². The molecular formula is C67H82N2O36S2. The van der Waals surface area contributed by atoms with Crippen LogP contribution in [0.5, 0.6) is 0 Å². The van der Waals surface area contributed by atoms with Gasteiger partial charge in [0.15, 0.2) is 73.6 Å². The number of amides is 2. The molecule has 0 radical (unpaired) electrons. The first-order chi connectivity index (χ1) is 50.3. The normalized spacial score (nSPS) is 27.9. The van der Waals surface area contributed by atoms with E-state index in [1.807, 2.05) is 0 Å². The minimum Gasteiger partial charge on any atom is -0.463 e. The van der Waals surface area contributed by atoms with Gasteiger partial charge in [-0.15, -0.1) is 0 Å². The van der Waals surface area contributed by atoms with E-state index in [0.717, 1.165) is 120 Å². The second kappa shape index (κ2) is 40.4. The summed E-state index contributed by atoms with van der Waals surface area (Å²) in [7, 11) is 0. The smallest absolute Gasteiger partial charge is 0.303 e. The van der Waals surface area contributed by atoms with Crippen molar-refractivity contribution in [2.75, 3.05) is 37.1 Å². The molecule has 4 aliphatic rings. The van der Waals surface area contributed by atoms with Crippen molar-refractivity contribution < 1.29 is 171 Å². The molecule has 107 heavy (non-hydrogen) atoms. The highest BCUT2D eigenvalue weighted by molar-refractivity contribution is 8.00. The van der Waals surface area contributed by atoms with Gasteiger partial charge < -0.3 is 105 Å². The number of anilines is 2. The van der Waals surface area contributed by atoms with Crippen molar-refractivity contribution >= 4 is 130 Å². The van der Waals surface area contributed by atoms with Gasteiger partial charge in [-0.2, -0.15) is 0 Å². The summed E-state index contributed by atoms with van der Waals surface area (Å²) < 4.78 is 115. The Balaban J connectivity index is 1.19. The molecule has 2 aromatic carbocycles. The Morgan fingerprint density at radius 3 is 0.757 bits per heavy atom. The summed E-state index contributed by atoms with van der Waals surface area (Å²) in [6.45, 7) is 11.8. The topological polar surface area (TPSA) is 482 Å². The van der Waals surface area contributed by atoms with Gasteiger partial charge in [0.25, 0.3) is 0 Å². The highest BCUT2D eigenvalue weighted by atomic mass is 32.2. The summed E-state index contributed by atoms with van der Waals surface area (Å²) >= 11 is 1.79. The minimum absolute atomic E-state index is 0.181. The summed E-state index contributed by atoms with van der Waals surface area (Å²) in [6.07, 6.45) is -30.8. The fourth-order valence-corrected chi connectivity index (χ4v) is 13.4. The molecular weight excluding hydrogens is 1470 g/mol. The van der Waals surface area contributed by atoms with E-state index in [-0.39, 0.29) is 11.4 Å². The third-order valence-corrected chi connectivity index (χ3v) is 17.2. The van der Waals surface area contributed by atoms with Crippen molar-refractivity contribution in [2.45, 2.75) is 234 Å². The van der Waals surface area contributed by atoms with Gasteiger partial charge in [-0.1, -0.05) is 23.5 Å². The molecule has 2 aromatic rings. The number of benzene rings is 2. The van der Waals surface area contributed by atoms with Crippen LogP contribution in [0.3, 0.4) is 0 Å². The summed E-state index contributed by atoms with van der Waals surface area (Å²) in [5.74, 6) is -14.3. The molecule has 6 rings (SSSR count). The average molecular weight is 1560 g/mol. The van der Waals surface area contributed by atoms with Gasteiger partial charge in [0.05, 0.1) is 0 Å². The number of esters is 14. The molecule has 0 bridgehead atoms. The molecule has 2 amide bonds. The maximum atomic E-state index is 13.4. The fraction of sp³-hybridized carbons (Fsp3) is 0.582. The van der Waals surface area contributed by atoms with Crippen molar-refractivity contribution in [1.29, 1.82) is 0 Å². The number of nitrogens with one attached hydrogen (secondary N) is 2. The van der Waals surface area contributed by atoms with Crippen LogP contribution in [-0.2, 0) is 171 Å². The zero-order valence-corrected chi connectivity index (χ0v) is 61.8. The lowest BCUT2D eigenvalue weighted by Gasteiger charge is -2.48. The largest absolute Gasteiger partial charge is 0.463 e. The van der Waals surface area contributed by atoms with Crippen LogP contribution in [0.25, 0.3) is 0 Å². The summed E-state index contributed by atoms with van der Waals surface area (Å²) in [5, 5.41) is 5.22. The van der Waals surface area contributed by atoms with E-state index in [4.69, 9.17) is 94.7 Å². The van der Waals surface area contributed by atoms with Crippen molar-refractivity contribution in [3.8, 4) is 0 Å². The summed E-state index contributed by atoms with van der Waals surface area (Å²) in [4.78, 5) is 204. The minimum atomic E-state index is -1.91. The highest BCUT2D eigenvalue weighted by Crippen LogP contribution is 2.43. The van der Waals surface area contributed by atoms with Crippen LogP contribution in [0.1, 0.15) is 103 Å². The first kappa shape index (κ1) is 86.3. The van der Waals surface area contributed by atoms with Crippen LogP contribution < -0.4 is 10.6 Å². The van der Waals surface area contributed by atoms with Gasteiger partial charge in [0.2, 0.25) is 11.8 Å². The average Bonchev–Trinajstić information content (AvgIpc) is 0.771. The van der Waals surface area contributed by atoms with Crippen LogP contribution in [0.4, 0.5) is 11.4 Å². The first-order valence-corrected chi connectivity index (χ1v) is 34.4. The molecule has 38 nitrogen and oxygen atoms in total. The molecule has 0 aliphatic carbocycles. The predicted molar refractivity (Wildman–Crippen MR) is 353 cm³/mol. The summed E-state index contributed by atoms with van der Waals surface area (Å²) in [6, 6.07) is 11.8. The zero-order chi connectivity index (χ0) is 79.3. The second-order valence-electron chi connectivity index (χ2n) is 23.9. The van der Waals surface area contributed by atoms with E-state index in [0.29, 0.717) is 9.79 Å². The Morgan fingerprint density at radius 2 is 0.505 bits per heavy atom. The molecule has 4 heterocycles. The van der Waals surface area contributed by atoms with Crippen molar-refractivity contribution in [1.82, 2.24) is 0 Å². The molecule has 4 saturated heterocycles. The van der Waals surface area contributed by atoms with Crippen LogP contribution in [0.2, 0.25) is 0 Å². The molecule has 0 unspecified atom stereocenters. The molecule has 0 aromatic heterocycles.